The Morgan fingerprint density at radius 1 is 1.05 bits per heavy atom. The molecule has 1 saturated heterocycles. The van der Waals surface area contributed by atoms with Crippen LogP contribution in [0.3, 0.4) is 0 Å². The van der Waals surface area contributed by atoms with Crippen LogP contribution in [-0.2, 0) is 4.74 Å². The van der Waals surface area contributed by atoms with E-state index in [0.29, 0.717) is 12.1 Å². The normalized spacial score (nSPS) is 45.3. The van der Waals surface area contributed by atoms with E-state index in [0.717, 1.165) is 18.4 Å². The molecule has 116 valence electrons. The van der Waals surface area contributed by atoms with Gasteiger partial charge in [-0.2, -0.15) is 0 Å². The summed E-state index contributed by atoms with van der Waals surface area (Å²) in [5, 5.41) is 3.88. The molecule has 3 rings (SSSR count). The maximum Gasteiger partial charge on any atom is 0.0811 e. The van der Waals surface area contributed by atoms with Gasteiger partial charge < -0.3 is 10.1 Å². The zero-order valence-corrected chi connectivity index (χ0v) is 13.5. The van der Waals surface area contributed by atoms with Gasteiger partial charge >= 0.3 is 0 Å². The Labute approximate surface area is 125 Å². The summed E-state index contributed by atoms with van der Waals surface area (Å²) in [5.74, 6) is 1.91. The lowest BCUT2D eigenvalue weighted by Crippen LogP contribution is -2.61. The molecule has 0 radical (unpaired) electrons. The maximum absolute atomic E-state index is 6.68. The maximum atomic E-state index is 6.68. The lowest BCUT2D eigenvalue weighted by atomic mass is 9.74. The van der Waals surface area contributed by atoms with E-state index < -0.39 is 0 Å². The molecule has 1 aliphatic heterocycles. The zero-order valence-electron chi connectivity index (χ0n) is 13.5. The fourth-order valence-corrected chi connectivity index (χ4v) is 4.84. The SMILES string of the molecule is CCCC1CCC2OC3(CCC(CC)CC3)CNC2C1. The van der Waals surface area contributed by atoms with E-state index in [1.807, 2.05) is 0 Å². The van der Waals surface area contributed by atoms with Crippen molar-refractivity contribution in [1.82, 2.24) is 5.32 Å². The minimum atomic E-state index is 0.199. The van der Waals surface area contributed by atoms with E-state index in [1.165, 1.54) is 64.2 Å². The Bertz CT molecular complexity index is 309. The average Bonchev–Trinajstić information content (AvgIpc) is 2.49. The van der Waals surface area contributed by atoms with E-state index in [9.17, 15) is 0 Å². The molecule has 0 aromatic heterocycles. The smallest absolute Gasteiger partial charge is 0.0811 e. The monoisotopic (exact) mass is 279 g/mol. The molecule has 0 aromatic carbocycles. The van der Waals surface area contributed by atoms with Crippen LogP contribution < -0.4 is 5.32 Å². The highest BCUT2D eigenvalue weighted by Crippen LogP contribution is 2.42. The summed E-state index contributed by atoms with van der Waals surface area (Å²) < 4.78 is 6.68. The molecule has 2 saturated carbocycles. The largest absolute Gasteiger partial charge is 0.369 e. The van der Waals surface area contributed by atoms with Gasteiger partial charge in [-0.1, -0.05) is 33.1 Å². The first-order valence-electron chi connectivity index (χ1n) is 9.16. The first kappa shape index (κ1) is 14.8. The predicted molar refractivity (Wildman–Crippen MR) is 83.9 cm³/mol. The fourth-order valence-electron chi connectivity index (χ4n) is 4.84. The second-order valence-electron chi connectivity index (χ2n) is 7.65. The second-order valence-corrected chi connectivity index (χ2v) is 7.65. The van der Waals surface area contributed by atoms with Gasteiger partial charge in [0.25, 0.3) is 0 Å². The Kier molecular flexibility index (Phi) is 4.72. The highest BCUT2D eigenvalue weighted by molar-refractivity contribution is 4.98. The Hall–Kier alpha value is -0.0800. The summed E-state index contributed by atoms with van der Waals surface area (Å²) in [5.41, 5.74) is 0.199. The third kappa shape index (κ3) is 3.06. The number of hydrogen-bond acceptors (Lipinski definition) is 2. The quantitative estimate of drug-likeness (QED) is 0.832. The average molecular weight is 279 g/mol. The number of ether oxygens (including phenoxy) is 1. The molecule has 3 fully saturated rings. The summed E-state index contributed by atoms with van der Waals surface area (Å²) in [6.07, 6.45) is 14.0. The Balaban J connectivity index is 1.55. The van der Waals surface area contributed by atoms with Crippen LogP contribution in [0.4, 0.5) is 0 Å². The Morgan fingerprint density at radius 2 is 1.85 bits per heavy atom. The number of hydrogen-bond donors (Lipinski definition) is 1. The van der Waals surface area contributed by atoms with E-state index in [1.54, 1.807) is 0 Å². The molecular formula is C18H33NO. The van der Waals surface area contributed by atoms with Gasteiger partial charge in [-0.3, -0.25) is 0 Å². The molecule has 2 heteroatoms. The molecule has 2 nitrogen and oxygen atoms in total. The van der Waals surface area contributed by atoms with Crippen LogP contribution in [0.15, 0.2) is 0 Å². The third-order valence-electron chi connectivity index (χ3n) is 6.27. The fraction of sp³-hybridized carbons (Fsp3) is 1.00. The lowest BCUT2D eigenvalue weighted by molar-refractivity contribution is -0.168. The van der Waals surface area contributed by atoms with Gasteiger partial charge in [-0.15, -0.1) is 0 Å². The molecule has 1 heterocycles. The van der Waals surface area contributed by atoms with E-state index >= 15 is 0 Å². The molecule has 3 atom stereocenters. The molecule has 0 aromatic rings. The summed E-state index contributed by atoms with van der Waals surface area (Å²) in [7, 11) is 0. The Morgan fingerprint density at radius 3 is 2.55 bits per heavy atom. The highest BCUT2D eigenvalue weighted by Gasteiger charge is 2.45. The van der Waals surface area contributed by atoms with Crippen molar-refractivity contribution in [3.8, 4) is 0 Å². The van der Waals surface area contributed by atoms with Crippen LogP contribution in [0.2, 0.25) is 0 Å². The summed E-state index contributed by atoms with van der Waals surface area (Å²) >= 11 is 0. The van der Waals surface area contributed by atoms with Crippen molar-refractivity contribution in [3.63, 3.8) is 0 Å². The molecule has 2 aliphatic carbocycles. The van der Waals surface area contributed by atoms with E-state index in [-0.39, 0.29) is 5.60 Å². The van der Waals surface area contributed by atoms with Crippen molar-refractivity contribution in [2.45, 2.75) is 95.8 Å². The van der Waals surface area contributed by atoms with Gasteiger partial charge in [0, 0.05) is 12.6 Å². The van der Waals surface area contributed by atoms with Crippen LogP contribution in [0.25, 0.3) is 0 Å². The van der Waals surface area contributed by atoms with Crippen LogP contribution in [0, 0.1) is 11.8 Å². The second kappa shape index (κ2) is 6.36. The summed E-state index contributed by atoms with van der Waals surface area (Å²) in [6.45, 7) is 5.77. The molecule has 0 bridgehead atoms. The van der Waals surface area contributed by atoms with Gasteiger partial charge in [0.1, 0.15) is 0 Å². The van der Waals surface area contributed by atoms with Gasteiger partial charge in [0.15, 0.2) is 0 Å². The first-order valence-corrected chi connectivity index (χ1v) is 9.16. The first-order chi connectivity index (χ1) is 9.74. The number of morpholine rings is 1. The minimum Gasteiger partial charge on any atom is -0.369 e. The lowest BCUT2D eigenvalue weighted by Gasteiger charge is -2.51. The number of rotatable bonds is 3. The third-order valence-corrected chi connectivity index (χ3v) is 6.27. The van der Waals surface area contributed by atoms with Crippen molar-refractivity contribution in [2.75, 3.05) is 6.54 Å². The zero-order chi connectivity index (χ0) is 14.0. The van der Waals surface area contributed by atoms with Gasteiger partial charge in [-0.05, 0) is 56.8 Å². The van der Waals surface area contributed by atoms with E-state index in [2.05, 4.69) is 19.2 Å². The molecule has 20 heavy (non-hydrogen) atoms. The minimum absolute atomic E-state index is 0.199. The number of nitrogens with one attached hydrogen (secondary N) is 1. The van der Waals surface area contributed by atoms with Gasteiger partial charge in [0.2, 0.25) is 0 Å². The van der Waals surface area contributed by atoms with Crippen molar-refractivity contribution in [1.29, 1.82) is 0 Å². The predicted octanol–water partition coefficient (Wildman–Crippen LogP) is 4.28. The molecular weight excluding hydrogens is 246 g/mol. The highest BCUT2D eigenvalue weighted by atomic mass is 16.5. The van der Waals surface area contributed by atoms with Crippen LogP contribution >= 0.6 is 0 Å². The standard InChI is InChI=1S/C18H33NO/c1-3-5-15-6-7-17-16(12-15)19-13-18(20-17)10-8-14(4-2)9-11-18/h14-17,19H,3-13H2,1-2H3. The molecule has 1 spiro atoms. The van der Waals surface area contributed by atoms with Crippen molar-refractivity contribution < 1.29 is 4.74 Å². The number of fused-ring (bicyclic) bond motifs is 1. The summed E-state index contributed by atoms with van der Waals surface area (Å²) in [6, 6.07) is 0.648. The van der Waals surface area contributed by atoms with Crippen molar-refractivity contribution in [3.05, 3.63) is 0 Å². The van der Waals surface area contributed by atoms with Crippen LogP contribution in [-0.4, -0.2) is 24.3 Å². The van der Waals surface area contributed by atoms with Gasteiger partial charge in [-0.25, -0.2) is 0 Å². The van der Waals surface area contributed by atoms with Crippen molar-refractivity contribution in [2.24, 2.45) is 11.8 Å². The van der Waals surface area contributed by atoms with Gasteiger partial charge in [0.05, 0.1) is 11.7 Å². The van der Waals surface area contributed by atoms with Crippen molar-refractivity contribution >= 4 is 0 Å². The van der Waals surface area contributed by atoms with Crippen LogP contribution in [0.1, 0.15) is 78.1 Å². The molecule has 3 aliphatic rings. The van der Waals surface area contributed by atoms with E-state index in [4.69, 9.17) is 4.74 Å². The molecule has 3 unspecified atom stereocenters. The summed E-state index contributed by atoms with van der Waals surface area (Å²) in [4.78, 5) is 0. The molecule has 0 amide bonds. The topological polar surface area (TPSA) is 21.3 Å². The van der Waals surface area contributed by atoms with Crippen LogP contribution in [0.5, 0.6) is 0 Å². The molecule has 1 N–H and O–H groups in total.